The standard InChI is InChI=1S/C12H9ClO/c13-8-5-6-10-9-3-1-2-4-11(9)14-12(10)7-8/h1-7,9,11H. The first-order chi connectivity index (χ1) is 6.84. The topological polar surface area (TPSA) is 9.23 Å². The second-order valence-electron chi connectivity index (χ2n) is 3.56. The molecule has 1 aliphatic heterocycles. The third kappa shape index (κ3) is 1.09. The molecule has 0 N–H and O–H groups in total. The van der Waals surface area contributed by atoms with Crippen LogP contribution in [0.3, 0.4) is 0 Å². The molecule has 1 nitrogen and oxygen atoms in total. The molecule has 0 amide bonds. The number of allylic oxidation sites excluding steroid dienone is 2. The zero-order valence-corrected chi connectivity index (χ0v) is 8.24. The third-order valence-electron chi connectivity index (χ3n) is 2.68. The number of hydrogen-bond donors (Lipinski definition) is 0. The van der Waals surface area contributed by atoms with Gasteiger partial charge in [0.05, 0.1) is 0 Å². The maximum atomic E-state index is 5.90. The molecule has 1 aromatic carbocycles. The number of halogens is 1. The second kappa shape index (κ2) is 2.89. The van der Waals surface area contributed by atoms with Crippen LogP contribution in [-0.2, 0) is 0 Å². The van der Waals surface area contributed by atoms with E-state index in [1.165, 1.54) is 5.56 Å². The summed E-state index contributed by atoms with van der Waals surface area (Å²) in [5.74, 6) is 1.29. The van der Waals surface area contributed by atoms with Crippen LogP contribution in [0.1, 0.15) is 11.5 Å². The molecule has 2 aliphatic rings. The smallest absolute Gasteiger partial charge is 0.128 e. The molecule has 2 atom stereocenters. The van der Waals surface area contributed by atoms with Crippen molar-refractivity contribution in [3.05, 3.63) is 53.1 Å². The van der Waals surface area contributed by atoms with Gasteiger partial charge in [-0.05, 0) is 18.2 Å². The summed E-state index contributed by atoms with van der Waals surface area (Å²) in [6, 6.07) is 5.85. The van der Waals surface area contributed by atoms with Gasteiger partial charge >= 0.3 is 0 Å². The highest BCUT2D eigenvalue weighted by atomic mass is 35.5. The average molecular weight is 205 g/mol. The molecule has 0 saturated heterocycles. The monoisotopic (exact) mass is 204 g/mol. The highest BCUT2D eigenvalue weighted by Crippen LogP contribution is 2.41. The van der Waals surface area contributed by atoms with Crippen molar-refractivity contribution in [3.63, 3.8) is 0 Å². The van der Waals surface area contributed by atoms with Crippen molar-refractivity contribution in [2.75, 3.05) is 0 Å². The van der Waals surface area contributed by atoms with Crippen LogP contribution < -0.4 is 4.74 Å². The molecule has 2 unspecified atom stereocenters. The first kappa shape index (κ1) is 8.13. The van der Waals surface area contributed by atoms with Crippen molar-refractivity contribution in [1.82, 2.24) is 0 Å². The van der Waals surface area contributed by atoms with E-state index in [-0.39, 0.29) is 6.10 Å². The zero-order valence-electron chi connectivity index (χ0n) is 7.48. The van der Waals surface area contributed by atoms with Gasteiger partial charge in [0.1, 0.15) is 11.9 Å². The van der Waals surface area contributed by atoms with E-state index in [9.17, 15) is 0 Å². The van der Waals surface area contributed by atoms with E-state index in [4.69, 9.17) is 16.3 Å². The van der Waals surface area contributed by atoms with Gasteiger partial charge in [0.25, 0.3) is 0 Å². The Labute approximate surface area is 87.6 Å². The summed E-state index contributed by atoms with van der Waals surface area (Å²) in [5.41, 5.74) is 1.24. The average Bonchev–Trinajstić information content (AvgIpc) is 2.54. The molecule has 2 heteroatoms. The van der Waals surface area contributed by atoms with Crippen molar-refractivity contribution >= 4 is 11.6 Å². The van der Waals surface area contributed by atoms with Gasteiger partial charge in [0, 0.05) is 16.5 Å². The first-order valence-corrected chi connectivity index (χ1v) is 5.03. The van der Waals surface area contributed by atoms with Crippen LogP contribution >= 0.6 is 11.6 Å². The van der Waals surface area contributed by atoms with Gasteiger partial charge < -0.3 is 4.74 Å². The Kier molecular flexibility index (Phi) is 1.68. The summed E-state index contributed by atoms with van der Waals surface area (Å²) in [5, 5.41) is 0.732. The van der Waals surface area contributed by atoms with Crippen LogP contribution in [0.4, 0.5) is 0 Å². The number of benzene rings is 1. The maximum Gasteiger partial charge on any atom is 0.128 e. The predicted molar refractivity (Wildman–Crippen MR) is 56.9 cm³/mol. The van der Waals surface area contributed by atoms with Gasteiger partial charge in [0.2, 0.25) is 0 Å². The molecular formula is C12H9ClO. The van der Waals surface area contributed by atoms with Crippen molar-refractivity contribution in [3.8, 4) is 5.75 Å². The predicted octanol–water partition coefficient (Wildman–Crippen LogP) is 3.31. The fraction of sp³-hybridized carbons (Fsp3) is 0.167. The lowest BCUT2D eigenvalue weighted by atomic mass is 9.92. The van der Waals surface area contributed by atoms with E-state index < -0.39 is 0 Å². The molecule has 70 valence electrons. The van der Waals surface area contributed by atoms with E-state index in [1.54, 1.807) is 0 Å². The second-order valence-corrected chi connectivity index (χ2v) is 4.00. The summed E-state index contributed by atoms with van der Waals surface area (Å²) in [6.07, 6.45) is 8.50. The van der Waals surface area contributed by atoms with Crippen LogP contribution in [0.25, 0.3) is 0 Å². The van der Waals surface area contributed by atoms with Gasteiger partial charge in [0.15, 0.2) is 0 Å². The lowest BCUT2D eigenvalue weighted by molar-refractivity contribution is 0.269. The SMILES string of the molecule is Clc1ccc2c(c1)OC1C=CC=CC21. The maximum absolute atomic E-state index is 5.90. The van der Waals surface area contributed by atoms with Gasteiger partial charge in [-0.1, -0.05) is 35.9 Å². The summed E-state index contributed by atoms with van der Waals surface area (Å²) in [6.45, 7) is 0. The molecule has 0 bridgehead atoms. The molecule has 0 radical (unpaired) electrons. The lowest BCUT2D eigenvalue weighted by Gasteiger charge is -2.13. The van der Waals surface area contributed by atoms with Crippen LogP contribution in [0.2, 0.25) is 5.02 Å². The number of fused-ring (bicyclic) bond motifs is 3. The lowest BCUT2D eigenvalue weighted by Crippen LogP contribution is -2.15. The van der Waals surface area contributed by atoms with Gasteiger partial charge in [-0.2, -0.15) is 0 Å². The van der Waals surface area contributed by atoms with E-state index in [0.717, 1.165) is 10.8 Å². The minimum atomic E-state index is 0.161. The Morgan fingerprint density at radius 1 is 1.14 bits per heavy atom. The van der Waals surface area contributed by atoms with Gasteiger partial charge in [-0.15, -0.1) is 0 Å². The fourth-order valence-corrected chi connectivity index (χ4v) is 2.17. The number of rotatable bonds is 0. The Balaban J connectivity index is 2.11. The molecule has 0 fully saturated rings. The van der Waals surface area contributed by atoms with Gasteiger partial charge in [-0.3, -0.25) is 0 Å². The quantitative estimate of drug-likeness (QED) is 0.630. The van der Waals surface area contributed by atoms with Crippen molar-refractivity contribution < 1.29 is 4.74 Å². The van der Waals surface area contributed by atoms with Crippen LogP contribution in [0, 0.1) is 0 Å². The van der Waals surface area contributed by atoms with E-state index >= 15 is 0 Å². The Hall–Kier alpha value is -1.21. The highest BCUT2D eigenvalue weighted by Gasteiger charge is 2.31. The Bertz CT molecular complexity index is 434. The summed E-state index contributed by atoms with van der Waals surface area (Å²) in [4.78, 5) is 0. The molecule has 1 heterocycles. The van der Waals surface area contributed by atoms with E-state index in [2.05, 4.69) is 18.2 Å². The van der Waals surface area contributed by atoms with Crippen LogP contribution in [0.15, 0.2) is 42.5 Å². The molecule has 1 aliphatic carbocycles. The van der Waals surface area contributed by atoms with Crippen LogP contribution in [-0.4, -0.2) is 6.10 Å². The number of hydrogen-bond acceptors (Lipinski definition) is 1. The largest absolute Gasteiger partial charge is 0.485 e. The van der Waals surface area contributed by atoms with Crippen molar-refractivity contribution in [2.24, 2.45) is 0 Å². The first-order valence-electron chi connectivity index (χ1n) is 4.66. The normalized spacial score (nSPS) is 26.9. The summed E-state index contributed by atoms with van der Waals surface area (Å²) >= 11 is 5.90. The Morgan fingerprint density at radius 2 is 2.00 bits per heavy atom. The molecule has 3 rings (SSSR count). The van der Waals surface area contributed by atoms with Gasteiger partial charge in [-0.25, -0.2) is 0 Å². The van der Waals surface area contributed by atoms with E-state index in [0.29, 0.717) is 5.92 Å². The molecule has 0 spiro atoms. The molecule has 0 saturated carbocycles. The zero-order chi connectivity index (χ0) is 9.54. The molecular weight excluding hydrogens is 196 g/mol. The fourth-order valence-electron chi connectivity index (χ4n) is 2.01. The highest BCUT2D eigenvalue weighted by molar-refractivity contribution is 6.30. The van der Waals surface area contributed by atoms with Crippen LogP contribution in [0.5, 0.6) is 5.75 Å². The molecule has 0 aromatic heterocycles. The van der Waals surface area contributed by atoms with Crippen molar-refractivity contribution in [1.29, 1.82) is 0 Å². The minimum Gasteiger partial charge on any atom is -0.485 e. The molecule has 14 heavy (non-hydrogen) atoms. The van der Waals surface area contributed by atoms with E-state index in [1.807, 2.05) is 24.3 Å². The van der Waals surface area contributed by atoms with Crippen molar-refractivity contribution in [2.45, 2.75) is 12.0 Å². The Morgan fingerprint density at radius 3 is 2.93 bits per heavy atom. The summed E-state index contributed by atoms with van der Waals surface area (Å²) < 4.78 is 5.77. The third-order valence-corrected chi connectivity index (χ3v) is 2.92. The minimum absolute atomic E-state index is 0.161. The number of ether oxygens (including phenoxy) is 1. The molecule has 1 aromatic rings. The summed E-state index contributed by atoms with van der Waals surface area (Å²) in [7, 11) is 0.